The lowest BCUT2D eigenvalue weighted by molar-refractivity contribution is 0.0704. The lowest BCUT2D eigenvalue weighted by Gasteiger charge is -2.30. The summed E-state index contributed by atoms with van der Waals surface area (Å²) in [4.78, 5) is 27.4. The van der Waals surface area contributed by atoms with Crippen molar-refractivity contribution in [1.29, 1.82) is 0 Å². The Kier molecular flexibility index (Phi) is 6.27. The van der Waals surface area contributed by atoms with Crippen LogP contribution in [0.2, 0.25) is 0 Å². The predicted molar refractivity (Wildman–Crippen MR) is 112 cm³/mol. The second-order valence-corrected chi connectivity index (χ2v) is 7.39. The first-order chi connectivity index (χ1) is 12.7. The van der Waals surface area contributed by atoms with E-state index < -0.39 is 0 Å². The van der Waals surface area contributed by atoms with Gasteiger partial charge in [0.2, 0.25) is 5.43 Å². The second kappa shape index (κ2) is 8.64. The molecule has 1 amide bonds. The molecule has 0 N–H and O–H groups in total. The van der Waals surface area contributed by atoms with Gasteiger partial charge >= 0.3 is 0 Å². The largest absolute Gasteiger partial charge is 0.483 e. The minimum Gasteiger partial charge on any atom is -0.483 e. The minimum atomic E-state index is -0.337. The van der Waals surface area contributed by atoms with E-state index in [-0.39, 0.29) is 23.7 Å². The molecule has 0 atom stereocenters. The summed E-state index contributed by atoms with van der Waals surface area (Å²) in [6.07, 6.45) is 1.66. The first kappa shape index (κ1) is 18.9. The van der Waals surface area contributed by atoms with Crippen molar-refractivity contribution in [2.24, 2.45) is 0 Å². The van der Waals surface area contributed by atoms with Crippen molar-refractivity contribution in [3.8, 4) is 16.9 Å². The van der Waals surface area contributed by atoms with Gasteiger partial charge in [0.25, 0.3) is 5.91 Å². The van der Waals surface area contributed by atoms with Gasteiger partial charge in [-0.05, 0) is 32.6 Å². The summed E-state index contributed by atoms with van der Waals surface area (Å²) in [5.41, 5.74) is 1.25. The number of pyridine rings is 1. The molecule has 5 nitrogen and oxygen atoms in total. The summed E-state index contributed by atoms with van der Waals surface area (Å²) in [6.45, 7) is 3.96. The number of fused-ring (bicyclic) bond motifs is 1. The summed E-state index contributed by atoms with van der Waals surface area (Å²) >= 11 is 2.06. The van der Waals surface area contributed by atoms with Gasteiger partial charge in [0.15, 0.2) is 11.4 Å². The van der Waals surface area contributed by atoms with Crippen molar-refractivity contribution in [3.05, 3.63) is 63.6 Å². The molecule has 0 spiro atoms. The fourth-order valence-corrected chi connectivity index (χ4v) is 3.32. The topological polar surface area (TPSA) is 51.5 Å². The van der Waals surface area contributed by atoms with Crippen LogP contribution in [0.3, 0.4) is 0 Å². The number of ether oxygens (including phenoxy) is 1. The third-order valence-electron chi connectivity index (χ3n) is 4.17. The monoisotopic (exact) mass is 480 g/mol. The van der Waals surface area contributed by atoms with Crippen LogP contribution in [-0.4, -0.2) is 28.5 Å². The number of carbonyl (C=O) groups excluding carboxylic acids is 1. The van der Waals surface area contributed by atoms with Gasteiger partial charge in [0, 0.05) is 47.0 Å². The number of carbonyl (C=O) groups is 1. The van der Waals surface area contributed by atoms with E-state index in [4.69, 9.17) is 4.74 Å². The highest BCUT2D eigenvalue weighted by atomic mass is 127. The quantitative estimate of drug-likeness (QED) is 0.498. The Bertz CT molecular complexity index is 932. The first-order valence-electron chi connectivity index (χ1n) is 8.17. The normalized spacial score (nSPS) is 13.0. The van der Waals surface area contributed by atoms with E-state index in [9.17, 15) is 9.59 Å². The molecule has 0 unspecified atom stereocenters. The molecule has 0 aliphatic carbocycles. The van der Waals surface area contributed by atoms with Crippen molar-refractivity contribution in [1.82, 2.24) is 9.47 Å². The molecule has 1 aromatic heterocycles. The smallest absolute Gasteiger partial charge is 0.274 e. The van der Waals surface area contributed by atoms with Gasteiger partial charge < -0.3 is 14.2 Å². The molecule has 1 aliphatic heterocycles. The zero-order valence-electron chi connectivity index (χ0n) is 14.2. The number of hydrogen-bond donors (Lipinski definition) is 0. The number of aromatic nitrogens is 1. The van der Waals surface area contributed by atoms with Gasteiger partial charge in [0.05, 0.1) is 5.56 Å². The van der Waals surface area contributed by atoms with Crippen LogP contribution in [0.15, 0.2) is 41.3 Å². The Morgan fingerprint density at radius 1 is 1.23 bits per heavy atom. The van der Waals surface area contributed by atoms with E-state index in [1.165, 1.54) is 8.93 Å². The average molecular weight is 480 g/mol. The zero-order chi connectivity index (χ0) is 18.5. The Balaban J connectivity index is 2.07. The zero-order valence-corrected chi connectivity index (χ0v) is 17.2. The number of amides is 1. The molecule has 2 heterocycles. The summed E-state index contributed by atoms with van der Waals surface area (Å²) in [5, 5.41) is 2.83. The number of benzene rings is 1. The van der Waals surface area contributed by atoms with Crippen LogP contribution < -0.4 is 10.2 Å². The maximum atomic E-state index is 12.9. The van der Waals surface area contributed by atoms with Crippen molar-refractivity contribution < 1.29 is 9.53 Å². The summed E-state index contributed by atoms with van der Waals surface area (Å²) < 4.78 is 7.64. The lowest BCUT2D eigenvalue weighted by Crippen LogP contribution is -2.42. The molecular weight excluding hydrogens is 463 g/mol. The van der Waals surface area contributed by atoms with E-state index in [0.29, 0.717) is 30.9 Å². The Hall–Kier alpha value is -1.92. The summed E-state index contributed by atoms with van der Waals surface area (Å²) in [5.74, 6) is 2.77. The van der Waals surface area contributed by atoms with E-state index in [0.717, 1.165) is 5.56 Å². The van der Waals surface area contributed by atoms with Gasteiger partial charge in [-0.2, -0.15) is 0 Å². The van der Waals surface area contributed by atoms with E-state index >= 15 is 0 Å². The average Bonchev–Trinajstić information content (AvgIpc) is 2.67. The fourth-order valence-electron chi connectivity index (χ4n) is 2.84. The van der Waals surface area contributed by atoms with E-state index in [1.807, 2.05) is 37.3 Å². The molecule has 7 heteroatoms. The number of nitrogens with zero attached hydrogens (tertiary/aromatic N) is 2. The standard InChI is InChI=1S/C19H17IN2O3S/c1-2-21-9-10-22-12-15(8-11-26-20)17(23)18(16(22)19(21)24)25-13-14-6-4-3-5-7-14/h3-7,12H,2,9-10,13H2,1H3. The van der Waals surface area contributed by atoms with Crippen molar-refractivity contribution in [2.45, 2.75) is 20.1 Å². The molecule has 0 bridgehead atoms. The lowest BCUT2D eigenvalue weighted by atomic mass is 10.1. The number of halogens is 1. The molecule has 0 saturated carbocycles. The van der Waals surface area contributed by atoms with Crippen LogP contribution in [0.1, 0.15) is 28.5 Å². The van der Waals surface area contributed by atoms with Crippen molar-refractivity contribution >= 4 is 36.0 Å². The first-order valence-corrected chi connectivity index (χ1v) is 11.5. The summed E-state index contributed by atoms with van der Waals surface area (Å²) in [6, 6.07) is 9.57. The molecule has 0 fully saturated rings. The van der Waals surface area contributed by atoms with Crippen LogP contribution in [0.25, 0.3) is 0 Å². The summed E-state index contributed by atoms with van der Waals surface area (Å²) in [7, 11) is 1.31. The Labute approximate surface area is 168 Å². The van der Waals surface area contributed by atoms with Crippen LogP contribution in [0.5, 0.6) is 5.75 Å². The van der Waals surface area contributed by atoms with Gasteiger partial charge in [-0.15, -0.1) is 0 Å². The SMILES string of the molecule is CCN1CCn2cc(C#CSI)c(=O)c(OCc3ccccc3)c2C1=O. The van der Waals surface area contributed by atoms with Crippen molar-refractivity contribution in [2.75, 3.05) is 13.1 Å². The second-order valence-electron chi connectivity index (χ2n) is 5.71. The van der Waals surface area contributed by atoms with Gasteiger partial charge in [-0.1, -0.05) is 30.3 Å². The highest BCUT2D eigenvalue weighted by molar-refractivity contribution is 14.2. The van der Waals surface area contributed by atoms with E-state index in [2.05, 4.69) is 32.4 Å². The predicted octanol–water partition coefficient (Wildman–Crippen LogP) is 3.30. The molecule has 0 radical (unpaired) electrons. The minimum absolute atomic E-state index is 0.0854. The molecule has 2 aromatic rings. The van der Waals surface area contributed by atoms with Crippen molar-refractivity contribution in [3.63, 3.8) is 0 Å². The number of rotatable bonds is 4. The fraction of sp³-hybridized carbons (Fsp3) is 0.263. The van der Waals surface area contributed by atoms with Crippen LogP contribution >= 0.6 is 30.1 Å². The maximum Gasteiger partial charge on any atom is 0.274 e. The van der Waals surface area contributed by atoms with Crippen LogP contribution in [0, 0.1) is 11.2 Å². The Morgan fingerprint density at radius 2 is 2.00 bits per heavy atom. The molecule has 134 valence electrons. The number of likely N-dealkylation sites (N-methyl/N-ethyl adjacent to an activating group) is 1. The van der Waals surface area contributed by atoms with Crippen LogP contribution in [-0.2, 0) is 13.2 Å². The molecule has 3 rings (SSSR count). The molecule has 26 heavy (non-hydrogen) atoms. The molecule has 1 aromatic carbocycles. The Morgan fingerprint density at radius 3 is 2.69 bits per heavy atom. The van der Waals surface area contributed by atoms with E-state index in [1.54, 1.807) is 15.7 Å². The maximum absolute atomic E-state index is 12.9. The molecule has 1 aliphatic rings. The third kappa shape index (κ3) is 3.91. The van der Waals surface area contributed by atoms with Gasteiger partial charge in [-0.3, -0.25) is 9.59 Å². The van der Waals surface area contributed by atoms with Gasteiger partial charge in [-0.25, -0.2) is 0 Å². The highest BCUT2D eigenvalue weighted by Gasteiger charge is 2.29. The molecular formula is C19H17IN2O3S. The van der Waals surface area contributed by atoms with Crippen LogP contribution in [0.4, 0.5) is 0 Å². The highest BCUT2D eigenvalue weighted by Crippen LogP contribution is 2.22. The third-order valence-corrected chi connectivity index (χ3v) is 5.01. The molecule has 0 saturated heterocycles. The number of hydrogen-bond acceptors (Lipinski definition) is 4. The van der Waals surface area contributed by atoms with Gasteiger partial charge in [0.1, 0.15) is 6.61 Å².